The minimum atomic E-state index is -0.795. The summed E-state index contributed by atoms with van der Waals surface area (Å²) in [5.74, 6) is -0.292. The SMILES string of the molecule is CC(NC(=O)N1CC(CC(=O)O)C1)C1CCOC1. The lowest BCUT2D eigenvalue weighted by atomic mass is 9.96. The predicted molar refractivity (Wildman–Crippen MR) is 64.2 cm³/mol. The summed E-state index contributed by atoms with van der Waals surface area (Å²) in [6, 6.07) is 0.0227. The number of urea groups is 1. The van der Waals surface area contributed by atoms with E-state index in [0.717, 1.165) is 13.0 Å². The van der Waals surface area contributed by atoms with Gasteiger partial charge < -0.3 is 20.1 Å². The van der Waals surface area contributed by atoms with Crippen molar-refractivity contribution in [2.24, 2.45) is 11.8 Å². The van der Waals surface area contributed by atoms with Crippen LogP contribution in [0.15, 0.2) is 0 Å². The number of rotatable bonds is 4. The maximum atomic E-state index is 11.9. The summed E-state index contributed by atoms with van der Waals surface area (Å²) in [5.41, 5.74) is 0. The van der Waals surface area contributed by atoms with Gasteiger partial charge in [-0.1, -0.05) is 0 Å². The Morgan fingerprint density at radius 3 is 2.78 bits per heavy atom. The van der Waals surface area contributed by atoms with Gasteiger partial charge in [0.2, 0.25) is 0 Å². The quantitative estimate of drug-likeness (QED) is 0.769. The van der Waals surface area contributed by atoms with E-state index in [1.807, 2.05) is 6.92 Å². The summed E-state index contributed by atoms with van der Waals surface area (Å²) in [6.07, 6.45) is 1.14. The van der Waals surface area contributed by atoms with Crippen LogP contribution in [0.3, 0.4) is 0 Å². The summed E-state index contributed by atoms with van der Waals surface area (Å²) in [6.45, 7) is 4.57. The van der Waals surface area contributed by atoms with E-state index < -0.39 is 5.97 Å². The van der Waals surface area contributed by atoms with Crippen LogP contribution in [0.1, 0.15) is 19.8 Å². The highest BCUT2D eigenvalue weighted by atomic mass is 16.5. The molecule has 0 spiro atoms. The van der Waals surface area contributed by atoms with E-state index in [0.29, 0.717) is 25.6 Å². The summed E-state index contributed by atoms with van der Waals surface area (Å²) in [4.78, 5) is 24.0. The van der Waals surface area contributed by atoms with E-state index in [1.165, 1.54) is 0 Å². The second-order valence-electron chi connectivity index (χ2n) is 5.23. The zero-order valence-corrected chi connectivity index (χ0v) is 10.6. The molecule has 0 aromatic rings. The van der Waals surface area contributed by atoms with E-state index in [-0.39, 0.29) is 24.4 Å². The number of carbonyl (C=O) groups excluding carboxylic acids is 1. The Bertz CT molecular complexity index is 322. The van der Waals surface area contributed by atoms with Gasteiger partial charge in [0.05, 0.1) is 13.0 Å². The number of aliphatic carboxylic acids is 1. The minimum Gasteiger partial charge on any atom is -0.481 e. The van der Waals surface area contributed by atoms with Crippen molar-refractivity contribution in [1.29, 1.82) is 0 Å². The van der Waals surface area contributed by atoms with Crippen LogP contribution in [-0.4, -0.2) is 54.4 Å². The Hall–Kier alpha value is -1.30. The van der Waals surface area contributed by atoms with Gasteiger partial charge in [-0.2, -0.15) is 0 Å². The first-order chi connectivity index (χ1) is 8.56. The summed E-state index contributed by atoms with van der Waals surface area (Å²) < 4.78 is 5.29. The molecule has 2 N–H and O–H groups in total. The summed E-state index contributed by atoms with van der Waals surface area (Å²) in [5, 5.41) is 11.6. The average Bonchev–Trinajstić information content (AvgIpc) is 2.75. The molecule has 0 aromatic heterocycles. The summed E-state index contributed by atoms with van der Waals surface area (Å²) >= 11 is 0. The van der Waals surface area contributed by atoms with Crippen molar-refractivity contribution in [3.63, 3.8) is 0 Å². The molecule has 0 radical (unpaired) electrons. The van der Waals surface area contributed by atoms with Crippen molar-refractivity contribution < 1.29 is 19.4 Å². The molecule has 18 heavy (non-hydrogen) atoms. The maximum absolute atomic E-state index is 11.9. The largest absolute Gasteiger partial charge is 0.481 e. The third kappa shape index (κ3) is 3.13. The number of likely N-dealkylation sites (tertiary alicyclic amines) is 1. The number of nitrogens with one attached hydrogen (secondary N) is 1. The standard InChI is InChI=1S/C12H20N2O4/c1-8(10-2-3-18-7-10)13-12(17)14-5-9(6-14)4-11(15)16/h8-10H,2-7H2,1H3,(H,13,17)(H,15,16). The van der Waals surface area contributed by atoms with Crippen molar-refractivity contribution in [2.75, 3.05) is 26.3 Å². The van der Waals surface area contributed by atoms with E-state index >= 15 is 0 Å². The number of nitrogens with zero attached hydrogens (tertiary/aromatic N) is 1. The predicted octanol–water partition coefficient (Wildman–Crippen LogP) is 0.527. The molecule has 6 nitrogen and oxygen atoms in total. The number of carboxylic acids is 1. The van der Waals surface area contributed by atoms with Crippen LogP contribution in [0.4, 0.5) is 4.79 Å². The fourth-order valence-corrected chi connectivity index (χ4v) is 2.46. The van der Waals surface area contributed by atoms with Crippen molar-refractivity contribution >= 4 is 12.0 Å². The first kappa shape index (κ1) is 13.1. The highest BCUT2D eigenvalue weighted by molar-refractivity contribution is 5.76. The third-order valence-corrected chi connectivity index (χ3v) is 3.73. The smallest absolute Gasteiger partial charge is 0.317 e. The molecule has 2 aliphatic rings. The number of hydrogen-bond donors (Lipinski definition) is 2. The van der Waals surface area contributed by atoms with Crippen molar-refractivity contribution in [3.8, 4) is 0 Å². The normalized spacial score (nSPS) is 25.6. The van der Waals surface area contributed by atoms with Crippen LogP contribution in [0.2, 0.25) is 0 Å². The zero-order chi connectivity index (χ0) is 13.1. The van der Waals surface area contributed by atoms with E-state index in [2.05, 4.69) is 5.32 Å². The van der Waals surface area contributed by atoms with Gasteiger partial charge in [-0.3, -0.25) is 4.79 Å². The molecule has 0 bridgehead atoms. The van der Waals surface area contributed by atoms with Gasteiger partial charge in [0.25, 0.3) is 0 Å². The molecular weight excluding hydrogens is 236 g/mol. The molecule has 2 fully saturated rings. The Morgan fingerprint density at radius 2 is 2.22 bits per heavy atom. The van der Waals surface area contributed by atoms with Crippen molar-refractivity contribution in [2.45, 2.75) is 25.8 Å². The highest BCUT2D eigenvalue weighted by Crippen LogP contribution is 2.20. The Kier molecular flexibility index (Phi) is 4.06. The van der Waals surface area contributed by atoms with E-state index in [4.69, 9.17) is 9.84 Å². The molecule has 2 atom stereocenters. The molecule has 6 heteroatoms. The fourth-order valence-electron chi connectivity index (χ4n) is 2.46. The summed E-state index contributed by atoms with van der Waals surface area (Å²) in [7, 11) is 0. The first-order valence-electron chi connectivity index (χ1n) is 6.41. The molecule has 2 aliphatic heterocycles. The highest BCUT2D eigenvalue weighted by Gasteiger charge is 2.33. The van der Waals surface area contributed by atoms with E-state index in [9.17, 15) is 9.59 Å². The molecular formula is C12H20N2O4. The van der Waals surface area contributed by atoms with E-state index in [1.54, 1.807) is 4.90 Å². The maximum Gasteiger partial charge on any atom is 0.317 e. The lowest BCUT2D eigenvalue weighted by Gasteiger charge is -2.39. The topological polar surface area (TPSA) is 78.9 Å². The molecule has 0 aliphatic carbocycles. The zero-order valence-electron chi connectivity index (χ0n) is 10.6. The Morgan fingerprint density at radius 1 is 1.50 bits per heavy atom. The second-order valence-corrected chi connectivity index (χ2v) is 5.23. The monoisotopic (exact) mass is 256 g/mol. The average molecular weight is 256 g/mol. The van der Waals surface area contributed by atoms with Gasteiger partial charge in [0.15, 0.2) is 0 Å². The van der Waals surface area contributed by atoms with Gasteiger partial charge in [0, 0.05) is 37.6 Å². The molecule has 2 rings (SSSR count). The minimum absolute atomic E-state index is 0.0870. The van der Waals surface area contributed by atoms with Gasteiger partial charge >= 0.3 is 12.0 Å². The van der Waals surface area contributed by atoms with Gasteiger partial charge in [-0.25, -0.2) is 4.79 Å². The number of carbonyl (C=O) groups is 2. The van der Waals surface area contributed by atoms with Crippen LogP contribution < -0.4 is 5.32 Å². The molecule has 0 saturated carbocycles. The van der Waals surface area contributed by atoms with Crippen LogP contribution >= 0.6 is 0 Å². The lowest BCUT2D eigenvalue weighted by Crippen LogP contribution is -2.56. The Balaban J connectivity index is 1.68. The molecule has 0 aromatic carbocycles. The Labute approximate surface area is 106 Å². The molecule has 102 valence electrons. The number of hydrogen-bond acceptors (Lipinski definition) is 3. The van der Waals surface area contributed by atoms with Crippen LogP contribution in [-0.2, 0) is 9.53 Å². The number of amides is 2. The molecule has 2 saturated heterocycles. The van der Waals surface area contributed by atoms with Gasteiger partial charge in [-0.05, 0) is 13.3 Å². The van der Waals surface area contributed by atoms with Crippen LogP contribution in [0.25, 0.3) is 0 Å². The van der Waals surface area contributed by atoms with Crippen molar-refractivity contribution in [3.05, 3.63) is 0 Å². The molecule has 2 unspecified atom stereocenters. The van der Waals surface area contributed by atoms with Gasteiger partial charge in [0.1, 0.15) is 0 Å². The van der Waals surface area contributed by atoms with Crippen molar-refractivity contribution in [1.82, 2.24) is 10.2 Å². The molecule has 2 heterocycles. The number of ether oxygens (including phenoxy) is 1. The fraction of sp³-hybridized carbons (Fsp3) is 0.833. The second kappa shape index (κ2) is 5.56. The van der Waals surface area contributed by atoms with Crippen LogP contribution in [0.5, 0.6) is 0 Å². The third-order valence-electron chi connectivity index (χ3n) is 3.73. The molecule has 2 amide bonds. The lowest BCUT2D eigenvalue weighted by molar-refractivity contribution is -0.139. The van der Waals surface area contributed by atoms with Crippen LogP contribution in [0, 0.1) is 11.8 Å². The van der Waals surface area contributed by atoms with Gasteiger partial charge in [-0.15, -0.1) is 0 Å². The number of carboxylic acid groups (broad SMARTS) is 1. The first-order valence-corrected chi connectivity index (χ1v) is 6.41.